The van der Waals surface area contributed by atoms with E-state index in [1.54, 1.807) is 29.6 Å². The fraction of sp³-hybridized carbons (Fsp3) is 0.154. The molecule has 1 aliphatic rings. The molecule has 1 aromatic heterocycles. The number of hydrogen-bond acceptors (Lipinski definition) is 6. The summed E-state index contributed by atoms with van der Waals surface area (Å²) < 4.78 is 44.0. The van der Waals surface area contributed by atoms with E-state index >= 15 is 0 Å². The van der Waals surface area contributed by atoms with Gasteiger partial charge < -0.3 is 9.84 Å². The summed E-state index contributed by atoms with van der Waals surface area (Å²) in [5.74, 6) is 0.899. The number of hydrazone groups is 1. The van der Waals surface area contributed by atoms with Gasteiger partial charge in [0.05, 0.1) is 30.1 Å². The lowest BCUT2D eigenvalue weighted by molar-refractivity contribution is -0.137. The van der Waals surface area contributed by atoms with Crippen molar-refractivity contribution >= 4 is 22.2 Å². The zero-order valence-electron chi connectivity index (χ0n) is 18.5. The van der Waals surface area contributed by atoms with Gasteiger partial charge in [-0.1, -0.05) is 30.3 Å². The summed E-state index contributed by atoms with van der Waals surface area (Å²) in [6.45, 7) is 0. The maximum Gasteiger partial charge on any atom is 0.416 e. The molecule has 3 aromatic carbocycles. The number of aromatic nitrogens is 1. The first-order valence-corrected chi connectivity index (χ1v) is 11.6. The molecule has 0 saturated carbocycles. The molecule has 35 heavy (non-hydrogen) atoms. The molecular weight excluding hydrogens is 475 g/mol. The third-order valence-electron chi connectivity index (χ3n) is 5.83. The van der Waals surface area contributed by atoms with Crippen molar-refractivity contribution in [2.24, 2.45) is 5.10 Å². The maximum absolute atomic E-state index is 12.9. The van der Waals surface area contributed by atoms with Crippen LogP contribution in [-0.2, 0) is 6.18 Å². The van der Waals surface area contributed by atoms with E-state index in [-0.39, 0.29) is 11.8 Å². The molecule has 0 radical (unpaired) electrons. The number of phenolic OH excluding ortho intramolecular Hbond substituents is 1. The second-order valence-electron chi connectivity index (χ2n) is 7.99. The number of alkyl halides is 3. The number of thiazole rings is 1. The van der Waals surface area contributed by atoms with Gasteiger partial charge in [-0.25, -0.2) is 9.99 Å². The Morgan fingerprint density at radius 1 is 0.971 bits per heavy atom. The van der Waals surface area contributed by atoms with E-state index in [1.165, 1.54) is 23.5 Å². The van der Waals surface area contributed by atoms with E-state index in [1.807, 2.05) is 36.4 Å². The number of nitrogens with zero attached hydrogens (tertiary/aromatic N) is 3. The minimum absolute atomic E-state index is 0.160. The molecule has 178 valence electrons. The third-order valence-corrected chi connectivity index (χ3v) is 6.66. The van der Waals surface area contributed by atoms with Crippen molar-refractivity contribution in [3.05, 3.63) is 94.9 Å². The van der Waals surface area contributed by atoms with Crippen molar-refractivity contribution < 1.29 is 23.0 Å². The number of anilines is 1. The van der Waals surface area contributed by atoms with Crippen molar-refractivity contribution in [1.82, 2.24) is 4.98 Å². The normalized spacial score (nSPS) is 15.8. The lowest BCUT2D eigenvalue weighted by Gasteiger charge is -2.21. The third kappa shape index (κ3) is 4.59. The minimum atomic E-state index is -4.39. The number of halogens is 3. The Balaban J connectivity index is 1.50. The van der Waals surface area contributed by atoms with Crippen LogP contribution >= 0.6 is 11.3 Å². The standard InChI is InChI=1S/C26H20F3N3O2S/c1-34-19-12-8-16(9-13-19)21-14-23(20-4-2-3-5-24(20)33)32(31-21)25-30-22(15-35-25)17-6-10-18(11-7-17)26(27,28)29/h2-13,15,23,33H,14H2,1H3. The second kappa shape index (κ2) is 9.07. The Labute approximate surface area is 203 Å². The zero-order chi connectivity index (χ0) is 24.6. The van der Waals surface area contributed by atoms with E-state index in [9.17, 15) is 18.3 Å². The van der Waals surface area contributed by atoms with Crippen LogP contribution in [0.2, 0.25) is 0 Å². The average Bonchev–Trinajstić information content (AvgIpc) is 3.52. The van der Waals surface area contributed by atoms with Crippen LogP contribution in [0.3, 0.4) is 0 Å². The average molecular weight is 496 g/mol. The van der Waals surface area contributed by atoms with Gasteiger partial charge in [0.25, 0.3) is 0 Å². The Morgan fingerprint density at radius 2 is 1.66 bits per heavy atom. The second-order valence-corrected chi connectivity index (χ2v) is 8.83. The number of para-hydroxylation sites is 1. The number of benzene rings is 3. The Hall–Kier alpha value is -3.85. The Kier molecular flexibility index (Phi) is 5.94. The molecule has 5 rings (SSSR count). The van der Waals surface area contributed by atoms with Crippen LogP contribution in [0.1, 0.15) is 29.2 Å². The first-order chi connectivity index (χ1) is 16.8. The van der Waals surface area contributed by atoms with Gasteiger partial charge in [0.15, 0.2) is 0 Å². The van der Waals surface area contributed by atoms with Crippen LogP contribution in [0.15, 0.2) is 83.3 Å². The van der Waals surface area contributed by atoms with Gasteiger partial charge in [0, 0.05) is 22.9 Å². The van der Waals surface area contributed by atoms with E-state index < -0.39 is 11.7 Å². The van der Waals surface area contributed by atoms with Gasteiger partial charge in [-0.3, -0.25) is 0 Å². The fourth-order valence-electron chi connectivity index (χ4n) is 3.99. The van der Waals surface area contributed by atoms with Gasteiger partial charge in [-0.2, -0.15) is 18.3 Å². The first-order valence-electron chi connectivity index (χ1n) is 10.8. The first kappa shape index (κ1) is 22.9. The lowest BCUT2D eigenvalue weighted by atomic mass is 9.98. The monoisotopic (exact) mass is 495 g/mol. The number of hydrogen-bond donors (Lipinski definition) is 1. The molecule has 1 unspecified atom stereocenters. The summed E-state index contributed by atoms with van der Waals surface area (Å²) >= 11 is 1.34. The van der Waals surface area contributed by atoms with Gasteiger partial charge in [-0.05, 0) is 48.0 Å². The molecule has 2 heterocycles. The number of ether oxygens (including phenoxy) is 1. The minimum Gasteiger partial charge on any atom is -0.508 e. The van der Waals surface area contributed by atoms with Crippen molar-refractivity contribution in [2.75, 3.05) is 12.1 Å². The highest BCUT2D eigenvalue weighted by Gasteiger charge is 2.33. The number of phenols is 1. The van der Waals surface area contributed by atoms with Crippen LogP contribution in [0.25, 0.3) is 11.3 Å². The van der Waals surface area contributed by atoms with Crippen LogP contribution in [-0.4, -0.2) is 22.9 Å². The number of aromatic hydroxyl groups is 1. The molecule has 0 saturated heterocycles. The van der Waals surface area contributed by atoms with Crippen molar-refractivity contribution in [3.63, 3.8) is 0 Å². The molecule has 0 aliphatic carbocycles. The number of methoxy groups -OCH3 is 1. The van der Waals surface area contributed by atoms with E-state index in [0.717, 1.165) is 29.2 Å². The van der Waals surface area contributed by atoms with Gasteiger partial charge >= 0.3 is 6.18 Å². The van der Waals surface area contributed by atoms with Crippen LogP contribution in [0, 0.1) is 0 Å². The SMILES string of the molecule is COc1ccc(C2=NN(c3nc(-c4ccc(C(F)(F)F)cc4)cs3)C(c3ccccc3O)C2)cc1. The number of rotatable bonds is 5. The molecule has 5 nitrogen and oxygen atoms in total. The molecule has 0 amide bonds. The molecular formula is C26H20F3N3O2S. The van der Waals surface area contributed by atoms with E-state index in [4.69, 9.17) is 9.84 Å². The van der Waals surface area contributed by atoms with Crippen LogP contribution in [0.5, 0.6) is 11.5 Å². The maximum atomic E-state index is 12.9. The van der Waals surface area contributed by atoms with Crippen molar-refractivity contribution in [2.45, 2.75) is 18.6 Å². The highest BCUT2D eigenvalue weighted by Crippen LogP contribution is 2.42. The molecule has 9 heteroatoms. The Morgan fingerprint density at radius 3 is 2.31 bits per heavy atom. The largest absolute Gasteiger partial charge is 0.508 e. The quantitative estimate of drug-likeness (QED) is 0.327. The van der Waals surface area contributed by atoms with Crippen LogP contribution < -0.4 is 9.75 Å². The Bertz CT molecular complexity index is 1370. The smallest absolute Gasteiger partial charge is 0.416 e. The molecule has 1 aliphatic heterocycles. The highest BCUT2D eigenvalue weighted by molar-refractivity contribution is 7.14. The van der Waals surface area contributed by atoms with Gasteiger partial charge in [-0.15, -0.1) is 11.3 Å². The van der Waals surface area contributed by atoms with E-state index in [2.05, 4.69) is 4.98 Å². The summed E-state index contributed by atoms with van der Waals surface area (Å²) in [5, 5.41) is 19.5. The predicted octanol–water partition coefficient (Wildman–Crippen LogP) is 6.90. The molecule has 4 aromatic rings. The topological polar surface area (TPSA) is 58.0 Å². The summed E-state index contributed by atoms with van der Waals surface area (Å²) in [5.41, 5.74) is 2.90. The molecule has 0 bridgehead atoms. The van der Waals surface area contributed by atoms with E-state index in [0.29, 0.717) is 28.4 Å². The van der Waals surface area contributed by atoms with Crippen molar-refractivity contribution in [3.8, 4) is 22.8 Å². The molecule has 1 N–H and O–H groups in total. The molecule has 1 atom stereocenters. The zero-order valence-corrected chi connectivity index (χ0v) is 19.3. The molecule has 0 fully saturated rings. The van der Waals surface area contributed by atoms with Gasteiger partial charge in [0.2, 0.25) is 5.13 Å². The predicted molar refractivity (Wildman–Crippen MR) is 130 cm³/mol. The van der Waals surface area contributed by atoms with Crippen molar-refractivity contribution in [1.29, 1.82) is 0 Å². The highest BCUT2D eigenvalue weighted by atomic mass is 32.1. The lowest BCUT2D eigenvalue weighted by Crippen LogP contribution is -2.18. The molecule has 0 spiro atoms. The van der Waals surface area contributed by atoms with Crippen LogP contribution in [0.4, 0.5) is 18.3 Å². The fourth-order valence-corrected chi connectivity index (χ4v) is 4.82. The summed E-state index contributed by atoms with van der Waals surface area (Å²) in [6, 6.07) is 19.3. The van der Waals surface area contributed by atoms with Gasteiger partial charge in [0.1, 0.15) is 11.5 Å². The summed E-state index contributed by atoms with van der Waals surface area (Å²) in [7, 11) is 1.61. The summed E-state index contributed by atoms with van der Waals surface area (Å²) in [4.78, 5) is 4.67. The summed E-state index contributed by atoms with van der Waals surface area (Å²) in [6.07, 6.45) is -3.85.